The summed E-state index contributed by atoms with van der Waals surface area (Å²) >= 11 is 5.33. The van der Waals surface area contributed by atoms with Crippen LogP contribution in [0.3, 0.4) is 0 Å². The lowest BCUT2D eigenvalue weighted by atomic mass is 10.2. The zero-order valence-electron chi connectivity index (χ0n) is 8.46. The van der Waals surface area contributed by atoms with E-state index in [1.807, 2.05) is 24.5 Å². The summed E-state index contributed by atoms with van der Waals surface area (Å²) in [7, 11) is 1.97. The molecule has 0 aliphatic rings. The second-order valence-electron chi connectivity index (χ2n) is 3.31. The summed E-state index contributed by atoms with van der Waals surface area (Å²) in [5.41, 5.74) is 1.27. The fourth-order valence-electron chi connectivity index (χ4n) is 1.44. The van der Waals surface area contributed by atoms with E-state index in [1.54, 1.807) is 0 Å². The first-order valence-corrected chi connectivity index (χ1v) is 6.40. The summed E-state index contributed by atoms with van der Waals surface area (Å²) in [6.45, 7) is 0.943. The van der Waals surface area contributed by atoms with E-state index >= 15 is 0 Å². The Labute approximate surface area is 102 Å². The molecule has 0 saturated heterocycles. The molecule has 0 spiro atoms. The van der Waals surface area contributed by atoms with E-state index < -0.39 is 0 Å². The molecule has 1 N–H and O–H groups in total. The topological polar surface area (TPSA) is 12.0 Å². The second-order valence-corrected chi connectivity index (χ2v) is 5.39. The van der Waals surface area contributed by atoms with Gasteiger partial charge in [0.15, 0.2) is 0 Å². The van der Waals surface area contributed by atoms with Crippen molar-refractivity contribution in [2.75, 3.05) is 7.05 Å². The molecule has 2 aromatic rings. The molecule has 0 radical (unpaired) electrons. The Morgan fingerprint density at radius 3 is 2.87 bits per heavy atom. The smallest absolute Gasteiger partial charge is 0.0346 e. The number of benzene rings is 1. The minimum absolute atomic E-state index is 0.943. The molecule has 78 valence electrons. The van der Waals surface area contributed by atoms with E-state index in [4.69, 9.17) is 0 Å². The molecule has 0 aliphatic carbocycles. The Bertz CT molecular complexity index is 450. The van der Waals surface area contributed by atoms with Crippen LogP contribution in [0.25, 0.3) is 10.4 Å². The van der Waals surface area contributed by atoms with Crippen molar-refractivity contribution in [1.82, 2.24) is 5.32 Å². The molecule has 1 aromatic heterocycles. The van der Waals surface area contributed by atoms with Gasteiger partial charge >= 0.3 is 0 Å². The lowest BCUT2D eigenvalue weighted by Crippen LogP contribution is -2.02. The molecule has 3 heteroatoms. The first kappa shape index (κ1) is 10.9. The van der Waals surface area contributed by atoms with Gasteiger partial charge < -0.3 is 5.32 Å². The predicted octanol–water partition coefficient (Wildman–Crippen LogP) is 3.90. The van der Waals surface area contributed by atoms with Gasteiger partial charge in [0.2, 0.25) is 0 Å². The molecule has 0 amide bonds. The van der Waals surface area contributed by atoms with E-state index in [-0.39, 0.29) is 0 Å². The third kappa shape index (κ3) is 2.68. The van der Waals surface area contributed by atoms with Gasteiger partial charge in [-0.3, -0.25) is 0 Å². The molecule has 0 fully saturated rings. The van der Waals surface area contributed by atoms with Gasteiger partial charge in [0.05, 0.1) is 0 Å². The number of halogens is 1. The summed E-state index contributed by atoms with van der Waals surface area (Å²) in [6, 6.07) is 12.8. The Hall–Kier alpha value is -0.640. The maximum atomic E-state index is 3.49. The molecule has 0 atom stereocenters. The van der Waals surface area contributed by atoms with Crippen LogP contribution < -0.4 is 5.32 Å². The van der Waals surface area contributed by atoms with Crippen LogP contribution >= 0.6 is 27.3 Å². The standard InChI is InChI=1S/C12H12BrNS/c1-14-8-11-5-6-12(15-11)9-3-2-4-10(13)7-9/h2-7,14H,8H2,1H3. The minimum Gasteiger partial charge on any atom is -0.315 e. The Morgan fingerprint density at radius 1 is 1.27 bits per heavy atom. The molecular weight excluding hydrogens is 270 g/mol. The zero-order chi connectivity index (χ0) is 10.7. The SMILES string of the molecule is CNCc1ccc(-c2cccc(Br)c2)s1. The normalized spacial score (nSPS) is 10.5. The van der Waals surface area contributed by atoms with Gasteiger partial charge in [-0.2, -0.15) is 0 Å². The Balaban J connectivity index is 2.29. The summed E-state index contributed by atoms with van der Waals surface area (Å²) in [5, 5.41) is 3.16. The Morgan fingerprint density at radius 2 is 2.13 bits per heavy atom. The minimum atomic E-state index is 0.943. The van der Waals surface area contributed by atoms with Gasteiger partial charge in [0.25, 0.3) is 0 Å². The average molecular weight is 282 g/mol. The number of hydrogen-bond acceptors (Lipinski definition) is 2. The van der Waals surface area contributed by atoms with Crippen LogP contribution in [0.15, 0.2) is 40.9 Å². The van der Waals surface area contributed by atoms with Gasteiger partial charge in [-0.15, -0.1) is 11.3 Å². The highest BCUT2D eigenvalue weighted by molar-refractivity contribution is 9.10. The lowest BCUT2D eigenvalue weighted by Gasteiger charge is -1.97. The molecule has 0 unspecified atom stereocenters. The van der Waals surface area contributed by atoms with E-state index in [0.717, 1.165) is 11.0 Å². The van der Waals surface area contributed by atoms with Gasteiger partial charge in [-0.1, -0.05) is 28.1 Å². The molecule has 0 aliphatic heterocycles. The number of rotatable bonds is 3. The van der Waals surface area contributed by atoms with Crippen LogP contribution in [-0.2, 0) is 6.54 Å². The van der Waals surface area contributed by atoms with Gasteiger partial charge in [0.1, 0.15) is 0 Å². The average Bonchev–Trinajstić information content (AvgIpc) is 2.67. The van der Waals surface area contributed by atoms with Gasteiger partial charge in [0, 0.05) is 20.8 Å². The van der Waals surface area contributed by atoms with Crippen LogP contribution in [0.5, 0.6) is 0 Å². The molecule has 1 nitrogen and oxygen atoms in total. The largest absolute Gasteiger partial charge is 0.315 e. The quantitative estimate of drug-likeness (QED) is 0.900. The van der Waals surface area contributed by atoms with Crippen molar-refractivity contribution in [2.45, 2.75) is 6.54 Å². The fourth-order valence-corrected chi connectivity index (χ4v) is 2.86. The van der Waals surface area contributed by atoms with Gasteiger partial charge in [-0.05, 0) is 36.9 Å². The lowest BCUT2D eigenvalue weighted by molar-refractivity contribution is 0.831. The van der Waals surface area contributed by atoms with E-state index in [2.05, 4.69) is 51.6 Å². The highest BCUT2D eigenvalue weighted by Crippen LogP contribution is 2.29. The highest BCUT2D eigenvalue weighted by atomic mass is 79.9. The van der Waals surface area contributed by atoms with E-state index in [9.17, 15) is 0 Å². The number of hydrogen-bond donors (Lipinski definition) is 1. The van der Waals surface area contributed by atoms with Crippen molar-refractivity contribution < 1.29 is 0 Å². The maximum Gasteiger partial charge on any atom is 0.0346 e. The molecule has 0 saturated carbocycles. The zero-order valence-corrected chi connectivity index (χ0v) is 10.9. The third-order valence-electron chi connectivity index (χ3n) is 2.12. The van der Waals surface area contributed by atoms with Crippen LogP contribution in [-0.4, -0.2) is 7.05 Å². The summed E-state index contributed by atoms with van der Waals surface area (Å²) in [4.78, 5) is 2.69. The summed E-state index contributed by atoms with van der Waals surface area (Å²) in [5.74, 6) is 0. The molecule has 15 heavy (non-hydrogen) atoms. The fraction of sp³-hybridized carbons (Fsp3) is 0.167. The van der Waals surface area contributed by atoms with E-state index in [0.29, 0.717) is 0 Å². The predicted molar refractivity (Wildman–Crippen MR) is 70.2 cm³/mol. The molecule has 2 rings (SSSR count). The molecule has 0 bridgehead atoms. The maximum absolute atomic E-state index is 3.49. The highest BCUT2D eigenvalue weighted by Gasteiger charge is 2.02. The van der Waals surface area contributed by atoms with Crippen molar-refractivity contribution in [3.8, 4) is 10.4 Å². The monoisotopic (exact) mass is 281 g/mol. The molecule has 1 heterocycles. The van der Waals surface area contributed by atoms with Crippen LogP contribution in [0, 0.1) is 0 Å². The second kappa shape index (κ2) is 4.92. The summed E-state index contributed by atoms with van der Waals surface area (Å²) < 4.78 is 1.13. The van der Waals surface area contributed by atoms with Crippen molar-refractivity contribution in [3.63, 3.8) is 0 Å². The Kier molecular flexibility index (Phi) is 3.57. The molecule has 1 aromatic carbocycles. The van der Waals surface area contributed by atoms with Crippen molar-refractivity contribution in [3.05, 3.63) is 45.7 Å². The van der Waals surface area contributed by atoms with Crippen molar-refractivity contribution in [1.29, 1.82) is 0 Å². The van der Waals surface area contributed by atoms with Crippen LogP contribution in [0.4, 0.5) is 0 Å². The number of thiophene rings is 1. The number of nitrogens with one attached hydrogen (secondary N) is 1. The van der Waals surface area contributed by atoms with Crippen LogP contribution in [0.1, 0.15) is 4.88 Å². The van der Waals surface area contributed by atoms with Crippen molar-refractivity contribution >= 4 is 27.3 Å². The third-order valence-corrected chi connectivity index (χ3v) is 3.75. The van der Waals surface area contributed by atoms with Crippen LogP contribution in [0.2, 0.25) is 0 Å². The first-order valence-electron chi connectivity index (χ1n) is 4.79. The van der Waals surface area contributed by atoms with Crippen molar-refractivity contribution in [2.24, 2.45) is 0 Å². The molecular formula is C12H12BrNS. The van der Waals surface area contributed by atoms with E-state index in [1.165, 1.54) is 15.3 Å². The van der Waals surface area contributed by atoms with Gasteiger partial charge in [-0.25, -0.2) is 0 Å². The first-order chi connectivity index (χ1) is 7.29. The summed E-state index contributed by atoms with van der Waals surface area (Å²) in [6.07, 6.45) is 0.